The van der Waals surface area contributed by atoms with Crippen molar-refractivity contribution in [1.82, 2.24) is 4.90 Å². The topological polar surface area (TPSA) is 90.9 Å². The zero-order chi connectivity index (χ0) is 21.8. The van der Waals surface area contributed by atoms with Crippen molar-refractivity contribution in [2.45, 2.75) is 25.8 Å². The molecule has 0 spiro atoms. The summed E-state index contributed by atoms with van der Waals surface area (Å²) in [6.45, 7) is 2.19. The monoisotopic (exact) mass is 415 g/mol. The number of aryl methyl sites for hydroxylation is 1. The number of halogens is 1. The summed E-state index contributed by atoms with van der Waals surface area (Å²) < 4.78 is 24.0. The van der Waals surface area contributed by atoms with Crippen molar-refractivity contribution < 1.29 is 28.6 Å². The normalized spacial score (nSPS) is 15.9. The molecule has 0 radical (unpaired) electrons. The Bertz CT molecular complexity index is 963. The van der Waals surface area contributed by atoms with Crippen LogP contribution in [0.3, 0.4) is 0 Å². The minimum atomic E-state index is -1.21. The third-order valence-corrected chi connectivity index (χ3v) is 5.28. The van der Waals surface area contributed by atoms with Crippen LogP contribution >= 0.6 is 0 Å². The lowest BCUT2D eigenvalue weighted by Gasteiger charge is -2.37. The lowest BCUT2D eigenvalue weighted by atomic mass is 9.90. The van der Waals surface area contributed by atoms with Crippen molar-refractivity contribution in [3.63, 3.8) is 0 Å². The predicted molar refractivity (Wildman–Crippen MR) is 107 cm³/mol. The number of carbonyl (C=O) groups excluding carboxylic acids is 2. The molecule has 0 fully saturated rings. The van der Waals surface area contributed by atoms with Crippen molar-refractivity contribution >= 4 is 17.6 Å². The number of nitrogens with zero attached hydrogens (tertiary/aromatic N) is 1. The summed E-state index contributed by atoms with van der Waals surface area (Å²) in [6.07, 6.45) is 0.368. The van der Waals surface area contributed by atoms with Gasteiger partial charge in [0, 0.05) is 30.7 Å². The maximum atomic E-state index is 13.3. The van der Waals surface area contributed by atoms with Crippen molar-refractivity contribution in [3.8, 4) is 11.5 Å². The standard InChI is InChI=1S/C22H25FN2O5/c1-13-8-15(23)4-5-17(13)24-21(26)12-25-7-6-14-9-19(29-2)20(30-3)10-16(14)18(25)11-22(27)28/h4-5,8-10,18H,6-7,11-12H2,1-3H3,(H,24,26)(H,27,28)/p-1. The second-order valence-corrected chi connectivity index (χ2v) is 7.23. The Morgan fingerprint density at radius 1 is 1.20 bits per heavy atom. The maximum Gasteiger partial charge on any atom is 0.238 e. The van der Waals surface area contributed by atoms with Gasteiger partial charge >= 0.3 is 0 Å². The number of carbonyl (C=O) groups is 2. The molecule has 1 N–H and O–H groups in total. The van der Waals surface area contributed by atoms with E-state index >= 15 is 0 Å². The number of hydrogen-bond donors (Lipinski definition) is 1. The fraction of sp³-hybridized carbons (Fsp3) is 0.364. The highest BCUT2D eigenvalue weighted by atomic mass is 19.1. The number of hydrogen-bond acceptors (Lipinski definition) is 6. The fourth-order valence-electron chi connectivity index (χ4n) is 3.81. The summed E-state index contributed by atoms with van der Waals surface area (Å²) >= 11 is 0. The molecular weight excluding hydrogens is 391 g/mol. The van der Waals surface area contributed by atoms with Crippen LogP contribution in [0.25, 0.3) is 0 Å². The number of nitrogens with one attached hydrogen (secondary N) is 1. The van der Waals surface area contributed by atoms with E-state index in [0.29, 0.717) is 35.7 Å². The predicted octanol–water partition coefficient (Wildman–Crippen LogP) is 1.83. The van der Waals surface area contributed by atoms with Gasteiger partial charge in [-0.1, -0.05) is 0 Å². The highest BCUT2D eigenvalue weighted by Crippen LogP contribution is 2.39. The highest BCUT2D eigenvalue weighted by Gasteiger charge is 2.30. The summed E-state index contributed by atoms with van der Waals surface area (Å²) in [4.78, 5) is 25.9. The van der Waals surface area contributed by atoms with E-state index in [0.717, 1.165) is 11.1 Å². The summed E-state index contributed by atoms with van der Waals surface area (Å²) in [6, 6.07) is 7.18. The zero-order valence-corrected chi connectivity index (χ0v) is 17.2. The van der Waals surface area contributed by atoms with Gasteiger partial charge in [-0.15, -0.1) is 0 Å². The Kier molecular flexibility index (Phi) is 6.56. The number of rotatable bonds is 7. The summed E-state index contributed by atoms with van der Waals surface area (Å²) in [5.74, 6) is -0.829. The Morgan fingerprint density at radius 2 is 1.90 bits per heavy atom. The molecular formula is C22H24FN2O5-. The first-order valence-electron chi connectivity index (χ1n) is 9.57. The van der Waals surface area contributed by atoms with E-state index in [1.165, 1.54) is 25.3 Å². The molecule has 0 saturated heterocycles. The summed E-state index contributed by atoms with van der Waals surface area (Å²) in [5, 5.41) is 14.2. The number of anilines is 1. The molecule has 1 atom stereocenters. The molecule has 0 aliphatic carbocycles. The molecule has 2 aromatic carbocycles. The first-order chi connectivity index (χ1) is 14.3. The lowest BCUT2D eigenvalue weighted by Crippen LogP contribution is -2.43. The van der Waals surface area contributed by atoms with Crippen LogP contribution < -0.4 is 19.9 Å². The highest BCUT2D eigenvalue weighted by molar-refractivity contribution is 5.93. The summed E-state index contributed by atoms with van der Waals surface area (Å²) in [7, 11) is 3.05. The number of amides is 1. The van der Waals surface area contributed by atoms with E-state index in [1.54, 1.807) is 25.0 Å². The number of methoxy groups -OCH3 is 2. The molecule has 8 heteroatoms. The molecule has 2 aromatic rings. The van der Waals surface area contributed by atoms with Gasteiger partial charge in [0.2, 0.25) is 5.91 Å². The lowest BCUT2D eigenvalue weighted by molar-refractivity contribution is -0.307. The number of carboxylic acids is 1. The molecule has 0 bridgehead atoms. The largest absolute Gasteiger partial charge is 0.550 e. The molecule has 7 nitrogen and oxygen atoms in total. The Hall–Kier alpha value is -3.13. The second-order valence-electron chi connectivity index (χ2n) is 7.23. The Morgan fingerprint density at radius 3 is 2.53 bits per heavy atom. The molecule has 3 rings (SSSR count). The van der Waals surface area contributed by atoms with Gasteiger partial charge in [-0.25, -0.2) is 4.39 Å². The molecule has 30 heavy (non-hydrogen) atoms. The Balaban J connectivity index is 1.84. The van der Waals surface area contributed by atoms with Gasteiger partial charge in [-0.2, -0.15) is 0 Å². The van der Waals surface area contributed by atoms with Crippen molar-refractivity contribution in [3.05, 3.63) is 52.8 Å². The molecule has 0 saturated carbocycles. The fourth-order valence-corrected chi connectivity index (χ4v) is 3.81. The molecule has 1 aliphatic heterocycles. The average Bonchev–Trinajstić information content (AvgIpc) is 2.70. The van der Waals surface area contributed by atoms with Gasteiger partial charge in [0.05, 0.1) is 20.8 Å². The third kappa shape index (κ3) is 4.71. The van der Waals surface area contributed by atoms with Gasteiger partial charge in [-0.05, 0) is 60.4 Å². The van der Waals surface area contributed by atoms with Crippen LogP contribution in [0.15, 0.2) is 30.3 Å². The van der Waals surface area contributed by atoms with Crippen LogP contribution in [0.2, 0.25) is 0 Å². The molecule has 160 valence electrons. The smallest absolute Gasteiger partial charge is 0.238 e. The molecule has 1 heterocycles. The minimum Gasteiger partial charge on any atom is -0.550 e. The van der Waals surface area contributed by atoms with Crippen LogP contribution in [0.5, 0.6) is 11.5 Å². The maximum absolute atomic E-state index is 13.3. The number of ether oxygens (including phenoxy) is 2. The number of carboxylic acid groups (broad SMARTS) is 1. The molecule has 1 unspecified atom stereocenters. The Labute approximate surface area is 174 Å². The van der Waals surface area contributed by atoms with Gasteiger partial charge in [0.1, 0.15) is 5.82 Å². The van der Waals surface area contributed by atoms with E-state index < -0.39 is 12.0 Å². The SMILES string of the molecule is COc1cc2c(cc1OC)C(CC(=O)[O-])N(CC(=O)Nc1ccc(F)cc1C)CC2. The van der Waals surface area contributed by atoms with Crippen LogP contribution in [0.4, 0.5) is 10.1 Å². The quantitative estimate of drug-likeness (QED) is 0.742. The van der Waals surface area contributed by atoms with Crippen molar-refractivity contribution in [1.29, 1.82) is 0 Å². The molecule has 1 amide bonds. The third-order valence-electron chi connectivity index (χ3n) is 5.28. The van der Waals surface area contributed by atoms with E-state index in [9.17, 15) is 19.1 Å². The number of aliphatic carboxylic acids is 1. The first-order valence-corrected chi connectivity index (χ1v) is 9.57. The van der Waals surface area contributed by atoms with E-state index in [4.69, 9.17) is 9.47 Å². The van der Waals surface area contributed by atoms with E-state index in [1.807, 2.05) is 6.07 Å². The van der Waals surface area contributed by atoms with Gasteiger partial charge in [0.15, 0.2) is 11.5 Å². The minimum absolute atomic E-state index is 0.0114. The summed E-state index contributed by atoms with van der Waals surface area (Å²) in [5.41, 5.74) is 2.84. The van der Waals surface area contributed by atoms with Crippen molar-refractivity contribution in [2.24, 2.45) is 0 Å². The first kappa shape index (κ1) is 21.6. The number of fused-ring (bicyclic) bond motifs is 1. The van der Waals surface area contributed by atoms with Crippen LogP contribution in [-0.4, -0.2) is 44.1 Å². The van der Waals surface area contributed by atoms with Gasteiger partial charge < -0.3 is 24.7 Å². The molecule has 0 aromatic heterocycles. The van der Waals surface area contributed by atoms with Crippen molar-refractivity contribution in [2.75, 3.05) is 32.6 Å². The van der Waals surface area contributed by atoms with Crippen LogP contribution in [0.1, 0.15) is 29.2 Å². The second kappa shape index (κ2) is 9.13. The average molecular weight is 415 g/mol. The molecule has 1 aliphatic rings. The van der Waals surface area contributed by atoms with E-state index in [2.05, 4.69) is 5.32 Å². The number of benzene rings is 2. The van der Waals surface area contributed by atoms with Crippen LogP contribution in [0, 0.1) is 12.7 Å². The van der Waals surface area contributed by atoms with E-state index in [-0.39, 0.29) is 24.7 Å². The van der Waals surface area contributed by atoms with Crippen LogP contribution in [-0.2, 0) is 16.0 Å². The van der Waals surface area contributed by atoms with Gasteiger partial charge in [-0.3, -0.25) is 9.69 Å². The zero-order valence-electron chi connectivity index (χ0n) is 17.2. The van der Waals surface area contributed by atoms with Gasteiger partial charge in [0.25, 0.3) is 0 Å².